The predicted molar refractivity (Wildman–Crippen MR) is 46.7 cm³/mol. The molecule has 1 heteroatoms. The fourth-order valence-electron chi connectivity index (χ4n) is 0.299. The van der Waals surface area contributed by atoms with Crippen molar-refractivity contribution in [3.63, 3.8) is 0 Å². The lowest BCUT2D eigenvalue weighted by atomic mass is 10.3. The van der Waals surface area contributed by atoms with Crippen LogP contribution in [0.2, 0.25) is 0 Å². The molecular weight excluding hydrogens is 128 g/mol. The van der Waals surface area contributed by atoms with Gasteiger partial charge in [0.1, 0.15) is 0 Å². The third-order valence-corrected chi connectivity index (χ3v) is 1.64. The summed E-state index contributed by atoms with van der Waals surface area (Å²) < 4.78 is 0.333. The van der Waals surface area contributed by atoms with Gasteiger partial charge in [0, 0.05) is 4.75 Å². The van der Waals surface area contributed by atoms with Crippen LogP contribution in [0.1, 0.15) is 20.8 Å². The SMILES string of the molecule is C=CC=CSC(C)(C)C. The minimum atomic E-state index is 0.333. The van der Waals surface area contributed by atoms with Gasteiger partial charge < -0.3 is 0 Å². The summed E-state index contributed by atoms with van der Waals surface area (Å²) in [5.41, 5.74) is 0. The van der Waals surface area contributed by atoms with Gasteiger partial charge in [0.2, 0.25) is 0 Å². The molecule has 0 nitrogen and oxygen atoms in total. The first kappa shape index (κ1) is 8.83. The zero-order chi connectivity index (χ0) is 7.33. The van der Waals surface area contributed by atoms with Crippen LogP contribution in [-0.4, -0.2) is 4.75 Å². The van der Waals surface area contributed by atoms with Crippen molar-refractivity contribution in [2.45, 2.75) is 25.5 Å². The summed E-state index contributed by atoms with van der Waals surface area (Å²) in [5, 5.41) is 2.06. The van der Waals surface area contributed by atoms with E-state index in [1.807, 2.05) is 6.08 Å². The molecule has 0 atom stereocenters. The summed E-state index contributed by atoms with van der Waals surface area (Å²) in [4.78, 5) is 0. The topological polar surface area (TPSA) is 0 Å². The maximum Gasteiger partial charge on any atom is 0.0116 e. The van der Waals surface area contributed by atoms with Gasteiger partial charge >= 0.3 is 0 Å². The average Bonchev–Trinajstić information content (AvgIpc) is 1.63. The fraction of sp³-hybridized carbons (Fsp3) is 0.500. The van der Waals surface area contributed by atoms with Crippen LogP contribution in [0.25, 0.3) is 0 Å². The quantitative estimate of drug-likeness (QED) is 0.533. The highest BCUT2D eigenvalue weighted by molar-refractivity contribution is 8.03. The predicted octanol–water partition coefficient (Wildman–Crippen LogP) is 3.22. The van der Waals surface area contributed by atoms with Crippen molar-refractivity contribution in [1.29, 1.82) is 0 Å². The first-order chi connectivity index (χ1) is 4.06. The van der Waals surface area contributed by atoms with Gasteiger partial charge in [-0.2, -0.15) is 0 Å². The molecule has 0 radical (unpaired) electrons. The van der Waals surface area contributed by atoms with Gasteiger partial charge in [0.25, 0.3) is 0 Å². The third kappa shape index (κ3) is 7.83. The van der Waals surface area contributed by atoms with Crippen molar-refractivity contribution >= 4 is 11.8 Å². The second-order valence-corrected chi connectivity index (χ2v) is 4.53. The molecular formula is C8H14S. The molecule has 0 aliphatic carbocycles. The van der Waals surface area contributed by atoms with E-state index in [9.17, 15) is 0 Å². The van der Waals surface area contributed by atoms with Crippen molar-refractivity contribution < 1.29 is 0 Å². The summed E-state index contributed by atoms with van der Waals surface area (Å²) >= 11 is 1.81. The van der Waals surface area contributed by atoms with E-state index in [4.69, 9.17) is 0 Å². The Kier molecular flexibility index (Phi) is 3.71. The van der Waals surface area contributed by atoms with Crippen molar-refractivity contribution in [2.24, 2.45) is 0 Å². The van der Waals surface area contributed by atoms with Gasteiger partial charge in [0.05, 0.1) is 0 Å². The summed E-state index contributed by atoms with van der Waals surface area (Å²) in [6, 6.07) is 0. The van der Waals surface area contributed by atoms with E-state index in [1.54, 1.807) is 17.8 Å². The minimum absolute atomic E-state index is 0.333. The third-order valence-electron chi connectivity index (χ3n) is 0.636. The molecule has 0 aromatic carbocycles. The van der Waals surface area contributed by atoms with Gasteiger partial charge in [0.15, 0.2) is 0 Å². The number of hydrogen-bond donors (Lipinski definition) is 0. The largest absolute Gasteiger partial charge is 0.128 e. The summed E-state index contributed by atoms with van der Waals surface area (Å²) in [6.45, 7) is 10.1. The molecule has 9 heavy (non-hydrogen) atoms. The van der Waals surface area contributed by atoms with Crippen LogP contribution in [0, 0.1) is 0 Å². The Labute approximate surface area is 62.0 Å². The highest BCUT2D eigenvalue weighted by Crippen LogP contribution is 2.23. The van der Waals surface area contributed by atoms with Crippen LogP contribution in [0.15, 0.2) is 24.1 Å². The van der Waals surface area contributed by atoms with Crippen LogP contribution in [0.3, 0.4) is 0 Å². The minimum Gasteiger partial charge on any atom is -0.128 e. The Bertz CT molecular complexity index is 106. The molecule has 0 amide bonds. The normalized spacial score (nSPS) is 12.3. The maximum absolute atomic E-state index is 3.58. The number of thioether (sulfide) groups is 1. The highest BCUT2D eigenvalue weighted by atomic mass is 32.2. The molecule has 0 aromatic heterocycles. The number of allylic oxidation sites excluding steroid dienone is 2. The molecule has 0 aliphatic rings. The molecule has 0 saturated carbocycles. The van der Waals surface area contributed by atoms with Gasteiger partial charge in [-0.05, 0) is 5.41 Å². The highest BCUT2D eigenvalue weighted by Gasteiger charge is 2.06. The van der Waals surface area contributed by atoms with E-state index in [0.29, 0.717) is 4.75 Å². The van der Waals surface area contributed by atoms with E-state index in [1.165, 1.54) is 0 Å². The van der Waals surface area contributed by atoms with Crippen molar-refractivity contribution in [2.75, 3.05) is 0 Å². The average molecular weight is 142 g/mol. The number of rotatable bonds is 2. The smallest absolute Gasteiger partial charge is 0.0116 e. The summed E-state index contributed by atoms with van der Waals surface area (Å²) in [6.07, 6.45) is 3.74. The zero-order valence-electron chi connectivity index (χ0n) is 6.35. The lowest BCUT2D eigenvalue weighted by Gasteiger charge is -2.13. The van der Waals surface area contributed by atoms with Crippen LogP contribution >= 0.6 is 11.8 Å². The van der Waals surface area contributed by atoms with Crippen molar-refractivity contribution in [1.82, 2.24) is 0 Å². The van der Waals surface area contributed by atoms with Crippen LogP contribution in [0.4, 0.5) is 0 Å². The van der Waals surface area contributed by atoms with E-state index >= 15 is 0 Å². The standard InChI is InChI=1S/C8H14S/c1-5-6-7-9-8(2,3)4/h5-7H,1H2,2-4H3. The Morgan fingerprint density at radius 2 is 1.89 bits per heavy atom. The zero-order valence-corrected chi connectivity index (χ0v) is 7.16. The molecule has 0 N–H and O–H groups in total. The molecule has 0 fully saturated rings. The fourth-order valence-corrected chi connectivity index (χ4v) is 0.897. The molecule has 0 aliphatic heterocycles. The summed E-state index contributed by atoms with van der Waals surface area (Å²) in [7, 11) is 0. The first-order valence-electron chi connectivity index (χ1n) is 3.01. The molecule has 0 rings (SSSR count). The molecule has 52 valence electrons. The lowest BCUT2D eigenvalue weighted by molar-refractivity contribution is 0.807. The summed E-state index contributed by atoms with van der Waals surface area (Å²) in [5.74, 6) is 0. The van der Waals surface area contributed by atoms with E-state index in [-0.39, 0.29) is 0 Å². The van der Waals surface area contributed by atoms with E-state index in [2.05, 4.69) is 32.8 Å². The molecule has 0 saturated heterocycles. The lowest BCUT2D eigenvalue weighted by Crippen LogP contribution is -2.04. The molecule has 0 spiro atoms. The van der Waals surface area contributed by atoms with Gasteiger partial charge in [-0.15, -0.1) is 11.8 Å². The van der Waals surface area contributed by atoms with Crippen LogP contribution in [0.5, 0.6) is 0 Å². The monoisotopic (exact) mass is 142 g/mol. The molecule has 0 heterocycles. The Morgan fingerprint density at radius 3 is 2.22 bits per heavy atom. The van der Waals surface area contributed by atoms with E-state index in [0.717, 1.165) is 0 Å². The van der Waals surface area contributed by atoms with Crippen LogP contribution < -0.4 is 0 Å². The second-order valence-electron chi connectivity index (χ2n) is 2.79. The molecule has 0 aromatic rings. The maximum atomic E-state index is 3.58. The Balaban J connectivity index is 3.50. The van der Waals surface area contributed by atoms with Gasteiger partial charge in [-0.1, -0.05) is 39.5 Å². The Hall–Kier alpha value is -0.170. The molecule has 0 bridgehead atoms. The number of hydrogen-bond acceptors (Lipinski definition) is 1. The van der Waals surface area contributed by atoms with Gasteiger partial charge in [-0.25, -0.2) is 0 Å². The van der Waals surface area contributed by atoms with Gasteiger partial charge in [-0.3, -0.25) is 0 Å². The van der Waals surface area contributed by atoms with Crippen molar-refractivity contribution in [3.05, 3.63) is 24.1 Å². The second kappa shape index (κ2) is 3.78. The Morgan fingerprint density at radius 1 is 1.33 bits per heavy atom. The molecule has 0 unspecified atom stereocenters. The first-order valence-corrected chi connectivity index (χ1v) is 3.89. The van der Waals surface area contributed by atoms with E-state index < -0.39 is 0 Å². The van der Waals surface area contributed by atoms with Crippen LogP contribution in [-0.2, 0) is 0 Å². The van der Waals surface area contributed by atoms with Crippen molar-refractivity contribution in [3.8, 4) is 0 Å².